The first-order chi connectivity index (χ1) is 13.4. The fraction of sp³-hybridized carbons (Fsp3) is 0.350. The van der Waals surface area contributed by atoms with Crippen molar-refractivity contribution < 1.29 is 17.9 Å². The maximum Gasteiger partial charge on any atom is 0.241 e. The SMILES string of the molecule is O=C(NC[C@@H]1CCCO1)[C@H](Cc1ccccc1)NS(=O)(=O)c1ccc(I)cc1. The van der Waals surface area contributed by atoms with Crippen molar-refractivity contribution in [2.45, 2.75) is 36.3 Å². The molecule has 1 heterocycles. The lowest BCUT2D eigenvalue weighted by Gasteiger charge is -2.20. The summed E-state index contributed by atoms with van der Waals surface area (Å²) in [6.45, 7) is 1.09. The maximum atomic E-state index is 12.8. The summed E-state index contributed by atoms with van der Waals surface area (Å²) in [5.74, 6) is -0.353. The molecule has 1 saturated heterocycles. The molecule has 0 unspecified atom stereocenters. The van der Waals surface area contributed by atoms with Gasteiger partial charge in [-0.2, -0.15) is 4.72 Å². The Morgan fingerprint density at radius 2 is 1.86 bits per heavy atom. The van der Waals surface area contributed by atoms with Crippen molar-refractivity contribution in [2.75, 3.05) is 13.2 Å². The second-order valence-electron chi connectivity index (χ2n) is 6.70. The summed E-state index contributed by atoms with van der Waals surface area (Å²) < 4.78 is 34.6. The molecule has 150 valence electrons. The van der Waals surface area contributed by atoms with Gasteiger partial charge in [-0.25, -0.2) is 8.42 Å². The van der Waals surface area contributed by atoms with Crippen molar-refractivity contribution in [1.29, 1.82) is 0 Å². The van der Waals surface area contributed by atoms with Gasteiger partial charge < -0.3 is 10.1 Å². The lowest BCUT2D eigenvalue weighted by Crippen LogP contribution is -2.49. The maximum absolute atomic E-state index is 12.8. The molecule has 1 aliphatic rings. The van der Waals surface area contributed by atoms with Gasteiger partial charge in [0.05, 0.1) is 11.0 Å². The van der Waals surface area contributed by atoms with Crippen LogP contribution in [0.1, 0.15) is 18.4 Å². The van der Waals surface area contributed by atoms with Gasteiger partial charge in [0, 0.05) is 16.7 Å². The van der Waals surface area contributed by atoms with Crippen LogP contribution < -0.4 is 10.0 Å². The summed E-state index contributed by atoms with van der Waals surface area (Å²) in [4.78, 5) is 12.9. The van der Waals surface area contributed by atoms with E-state index >= 15 is 0 Å². The van der Waals surface area contributed by atoms with Gasteiger partial charge in [0.1, 0.15) is 6.04 Å². The van der Waals surface area contributed by atoms with E-state index in [0.29, 0.717) is 13.2 Å². The largest absolute Gasteiger partial charge is 0.376 e. The van der Waals surface area contributed by atoms with Crippen LogP contribution in [0.4, 0.5) is 0 Å². The number of carbonyl (C=O) groups excluding carboxylic acids is 1. The van der Waals surface area contributed by atoms with Gasteiger partial charge in [-0.1, -0.05) is 30.3 Å². The van der Waals surface area contributed by atoms with E-state index in [4.69, 9.17) is 4.74 Å². The molecule has 0 bridgehead atoms. The third kappa shape index (κ3) is 6.00. The number of rotatable bonds is 8. The highest BCUT2D eigenvalue weighted by Crippen LogP contribution is 2.14. The first-order valence-electron chi connectivity index (χ1n) is 9.15. The highest BCUT2D eigenvalue weighted by Gasteiger charge is 2.27. The number of ether oxygens (including phenoxy) is 1. The minimum absolute atomic E-state index is 0.00543. The quantitative estimate of drug-likeness (QED) is 0.531. The zero-order valence-corrected chi connectivity index (χ0v) is 18.3. The zero-order valence-electron chi connectivity index (χ0n) is 15.3. The average Bonchev–Trinajstić information content (AvgIpc) is 3.20. The van der Waals surface area contributed by atoms with Crippen LogP contribution in [0.25, 0.3) is 0 Å². The molecule has 3 rings (SSSR count). The minimum Gasteiger partial charge on any atom is -0.376 e. The lowest BCUT2D eigenvalue weighted by molar-refractivity contribution is -0.123. The van der Waals surface area contributed by atoms with Crippen LogP contribution in [-0.4, -0.2) is 39.6 Å². The number of sulfonamides is 1. The van der Waals surface area contributed by atoms with E-state index in [2.05, 4.69) is 32.6 Å². The van der Waals surface area contributed by atoms with Gasteiger partial charge >= 0.3 is 0 Å². The molecular weight excluding hydrogens is 491 g/mol. The number of halogens is 1. The molecule has 6 nitrogen and oxygen atoms in total. The van der Waals surface area contributed by atoms with Crippen molar-refractivity contribution in [1.82, 2.24) is 10.0 Å². The molecule has 0 radical (unpaired) electrons. The predicted octanol–water partition coefficient (Wildman–Crippen LogP) is 2.48. The average molecular weight is 514 g/mol. The molecule has 0 aliphatic carbocycles. The molecule has 2 atom stereocenters. The molecule has 28 heavy (non-hydrogen) atoms. The molecule has 2 N–H and O–H groups in total. The summed E-state index contributed by atoms with van der Waals surface area (Å²) in [5.41, 5.74) is 0.880. The van der Waals surface area contributed by atoms with E-state index in [9.17, 15) is 13.2 Å². The second kappa shape index (κ2) is 9.82. The molecule has 0 spiro atoms. The molecule has 0 aromatic heterocycles. The number of nitrogens with one attached hydrogen (secondary N) is 2. The molecular formula is C20H23IN2O4S. The van der Waals surface area contributed by atoms with Gasteiger partial charge in [-0.15, -0.1) is 0 Å². The number of hydrogen-bond acceptors (Lipinski definition) is 4. The Morgan fingerprint density at radius 3 is 2.50 bits per heavy atom. The number of hydrogen-bond donors (Lipinski definition) is 2. The van der Waals surface area contributed by atoms with Crippen molar-refractivity contribution >= 4 is 38.5 Å². The minimum atomic E-state index is -3.82. The van der Waals surface area contributed by atoms with Crippen LogP contribution in [0.3, 0.4) is 0 Å². The molecule has 8 heteroatoms. The number of benzene rings is 2. The summed E-state index contributed by atoms with van der Waals surface area (Å²) in [6, 6.07) is 15.0. The van der Waals surface area contributed by atoms with Crippen LogP contribution in [-0.2, 0) is 26.0 Å². The van der Waals surface area contributed by atoms with Gasteiger partial charge in [0.2, 0.25) is 15.9 Å². The normalized spacial score (nSPS) is 18.0. The van der Waals surface area contributed by atoms with Gasteiger partial charge in [-0.3, -0.25) is 4.79 Å². The highest BCUT2D eigenvalue weighted by molar-refractivity contribution is 14.1. The van der Waals surface area contributed by atoms with Crippen LogP contribution in [0.2, 0.25) is 0 Å². The van der Waals surface area contributed by atoms with Crippen molar-refractivity contribution in [3.63, 3.8) is 0 Å². The molecule has 1 aliphatic heterocycles. The van der Waals surface area contributed by atoms with Gasteiger partial charge in [0.15, 0.2) is 0 Å². The fourth-order valence-electron chi connectivity index (χ4n) is 3.05. The van der Waals surface area contributed by atoms with E-state index in [0.717, 1.165) is 22.0 Å². The smallest absolute Gasteiger partial charge is 0.241 e. The standard InChI is InChI=1S/C20H23IN2O4S/c21-16-8-10-18(11-9-16)28(25,26)23-19(13-15-5-2-1-3-6-15)20(24)22-14-17-7-4-12-27-17/h1-3,5-6,8-11,17,19,23H,4,7,12-14H2,(H,22,24)/t17-,19-/m0/s1. The fourth-order valence-corrected chi connectivity index (χ4v) is 4.60. The molecule has 1 fully saturated rings. The number of carbonyl (C=O) groups is 1. The summed E-state index contributed by atoms with van der Waals surface area (Å²) in [6.07, 6.45) is 2.14. The van der Waals surface area contributed by atoms with Crippen LogP contribution >= 0.6 is 22.6 Å². The van der Waals surface area contributed by atoms with Crippen molar-refractivity contribution in [2.24, 2.45) is 0 Å². The Hall–Kier alpha value is -1.49. The molecule has 2 aromatic rings. The predicted molar refractivity (Wildman–Crippen MR) is 115 cm³/mol. The van der Waals surface area contributed by atoms with Crippen LogP contribution in [0.5, 0.6) is 0 Å². The monoisotopic (exact) mass is 514 g/mol. The van der Waals surface area contributed by atoms with Gasteiger partial charge in [0.25, 0.3) is 0 Å². The van der Waals surface area contributed by atoms with E-state index < -0.39 is 16.1 Å². The topological polar surface area (TPSA) is 84.5 Å². The van der Waals surface area contributed by atoms with Gasteiger partial charge in [-0.05, 0) is 71.7 Å². The van der Waals surface area contributed by atoms with Crippen molar-refractivity contribution in [3.8, 4) is 0 Å². The summed E-state index contributed by atoms with van der Waals surface area (Å²) >= 11 is 2.11. The third-order valence-electron chi connectivity index (χ3n) is 4.55. The summed E-state index contributed by atoms with van der Waals surface area (Å²) in [5, 5.41) is 2.84. The molecule has 1 amide bonds. The zero-order chi connectivity index (χ0) is 20.0. The molecule has 0 saturated carbocycles. The number of amides is 1. The highest BCUT2D eigenvalue weighted by atomic mass is 127. The lowest BCUT2D eigenvalue weighted by atomic mass is 10.1. The van der Waals surface area contributed by atoms with E-state index in [1.54, 1.807) is 12.1 Å². The first kappa shape index (κ1) is 21.2. The van der Waals surface area contributed by atoms with E-state index in [-0.39, 0.29) is 23.3 Å². The van der Waals surface area contributed by atoms with Crippen LogP contribution in [0, 0.1) is 3.57 Å². The molecule has 2 aromatic carbocycles. The second-order valence-corrected chi connectivity index (χ2v) is 9.66. The first-order valence-corrected chi connectivity index (χ1v) is 11.7. The van der Waals surface area contributed by atoms with Crippen LogP contribution in [0.15, 0.2) is 59.5 Å². The Morgan fingerprint density at radius 1 is 1.14 bits per heavy atom. The third-order valence-corrected chi connectivity index (χ3v) is 6.76. The Bertz CT molecular complexity index is 882. The van der Waals surface area contributed by atoms with E-state index in [1.807, 2.05) is 30.3 Å². The summed E-state index contributed by atoms with van der Waals surface area (Å²) in [7, 11) is -3.82. The Kier molecular flexibility index (Phi) is 7.44. The van der Waals surface area contributed by atoms with E-state index in [1.165, 1.54) is 12.1 Å². The Labute approximate surface area is 179 Å². The van der Waals surface area contributed by atoms with Crippen molar-refractivity contribution in [3.05, 3.63) is 63.7 Å². The Balaban J connectivity index is 1.74.